The van der Waals surface area contributed by atoms with Gasteiger partial charge in [-0.05, 0) is 37.5 Å². The van der Waals surface area contributed by atoms with Crippen molar-refractivity contribution < 1.29 is 38.5 Å². The van der Waals surface area contributed by atoms with Crippen molar-refractivity contribution in [3.05, 3.63) is 90.5 Å². The zero-order valence-corrected chi connectivity index (χ0v) is 30.4. The number of halogens is 2. The standard InChI is InChI=1S/C37H43BrClN3O8/c1-5-7-17-28(44)40-26(21-48-4)31(23-13-9-8-10-14-23)49-36(47)29-30-34(45)42(22(3)20-43)33(37(30)19-24(38)32(29)50-37)35(46)41(18-6-2)27-16-12-11-15-25(27)39/h5-6,8-16,22,24,26,29-33,43H,1-2,7,17-21H2,3-4H3,(H,40,44)/t22-,24?,26+,29-,30+,31+,32-,33-,37+/m1/s1. The number of carbonyl (C=O) groups excluding carboxylic acids is 4. The maximum absolute atomic E-state index is 14.7. The van der Waals surface area contributed by atoms with Crippen LogP contribution in [0.3, 0.4) is 0 Å². The molecule has 13 heteroatoms. The lowest BCUT2D eigenvalue weighted by atomic mass is 9.70. The maximum Gasteiger partial charge on any atom is 0.313 e. The molecule has 2 N–H and O–H groups in total. The maximum atomic E-state index is 14.7. The first-order chi connectivity index (χ1) is 24.0. The number of allylic oxidation sites excluding steroid dienone is 1. The Kier molecular flexibility index (Phi) is 12.2. The van der Waals surface area contributed by atoms with Gasteiger partial charge >= 0.3 is 5.97 Å². The van der Waals surface area contributed by atoms with Gasteiger partial charge in [-0.2, -0.15) is 0 Å². The molecule has 3 aliphatic rings. The fourth-order valence-corrected chi connectivity index (χ4v) is 8.74. The van der Waals surface area contributed by atoms with Crippen molar-refractivity contribution in [2.75, 3.05) is 31.8 Å². The highest BCUT2D eigenvalue weighted by molar-refractivity contribution is 9.09. The number of fused-ring (bicyclic) bond motifs is 1. The minimum absolute atomic E-state index is 0.0319. The number of likely N-dealkylation sites (tertiary alicyclic amines) is 1. The summed E-state index contributed by atoms with van der Waals surface area (Å²) in [5.74, 6) is -4.15. The number of nitrogens with one attached hydrogen (secondary N) is 1. The fourth-order valence-electron chi connectivity index (χ4n) is 7.56. The quantitative estimate of drug-likeness (QED) is 0.146. The van der Waals surface area contributed by atoms with E-state index in [1.807, 2.05) is 6.07 Å². The van der Waals surface area contributed by atoms with Crippen molar-refractivity contribution in [2.24, 2.45) is 11.8 Å². The predicted molar refractivity (Wildman–Crippen MR) is 192 cm³/mol. The molecule has 1 unspecified atom stereocenters. The van der Waals surface area contributed by atoms with Crippen molar-refractivity contribution in [3.63, 3.8) is 0 Å². The minimum atomic E-state index is -1.42. The largest absolute Gasteiger partial charge is 0.455 e. The highest BCUT2D eigenvalue weighted by Gasteiger charge is 2.77. The van der Waals surface area contributed by atoms with Crippen molar-refractivity contribution in [1.29, 1.82) is 0 Å². The van der Waals surface area contributed by atoms with Crippen molar-refractivity contribution >= 4 is 56.9 Å². The number of methoxy groups -OCH3 is 1. The molecule has 3 heterocycles. The average Bonchev–Trinajstić information content (AvgIpc) is 3.71. The van der Waals surface area contributed by atoms with Crippen LogP contribution in [0.1, 0.15) is 37.9 Å². The number of carbonyl (C=O) groups is 4. The summed E-state index contributed by atoms with van der Waals surface area (Å²) < 4.78 is 18.4. The van der Waals surface area contributed by atoms with Crippen LogP contribution in [0.15, 0.2) is 79.9 Å². The number of nitrogens with zero attached hydrogens (tertiary/aromatic N) is 2. The summed E-state index contributed by atoms with van der Waals surface area (Å²) in [6.07, 6.45) is 2.32. The molecule has 50 heavy (non-hydrogen) atoms. The van der Waals surface area contributed by atoms with Crippen LogP contribution in [0.4, 0.5) is 5.69 Å². The van der Waals surface area contributed by atoms with E-state index in [-0.39, 0.29) is 31.9 Å². The van der Waals surface area contributed by atoms with Gasteiger partial charge in [0.2, 0.25) is 11.8 Å². The Morgan fingerprint density at radius 1 is 1.18 bits per heavy atom. The topological polar surface area (TPSA) is 135 Å². The number of amides is 3. The van der Waals surface area contributed by atoms with Gasteiger partial charge in [0.25, 0.3) is 5.91 Å². The van der Waals surface area contributed by atoms with Crippen LogP contribution >= 0.6 is 27.5 Å². The Morgan fingerprint density at radius 2 is 1.88 bits per heavy atom. The smallest absolute Gasteiger partial charge is 0.313 e. The number of benzene rings is 2. The fraction of sp³-hybridized carbons (Fsp3) is 0.459. The minimum Gasteiger partial charge on any atom is -0.455 e. The van der Waals surface area contributed by atoms with E-state index in [1.165, 1.54) is 16.9 Å². The summed E-state index contributed by atoms with van der Waals surface area (Å²) >= 11 is 10.2. The molecule has 3 fully saturated rings. The Morgan fingerprint density at radius 3 is 2.52 bits per heavy atom. The first-order valence-corrected chi connectivity index (χ1v) is 17.9. The molecule has 3 aliphatic heterocycles. The SMILES string of the molecule is C=CCCC(=O)N[C@@H](COC)[C@@H](OC(=O)[C@H]1[C@@H]2O[C@@]3(CC2Br)[C@@H]1C(=O)N([C@H](C)CO)[C@@H]3C(=O)N(CC=C)c1ccccc1Cl)c1ccccc1. The van der Waals surface area contributed by atoms with Crippen LogP contribution in [0.5, 0.6) is 0 Å². The lowest BCUT2D eigenvalue weighted by molar-refractivity contribution is -0.163. The van der Waals surface area contributed by atoms with Gasteiger partial charge in [0.1, 0.15) is 17.7 Å². The third-order valence-electron chi connectivity index (χ3n) is 9.70. The van der Waals surface area contributed by atoms with Crippen LogP contribution in [0.25, 0.3) is 0 Å². The van der Waals surface area contributed by atoms with E-state index < -0.39 is 77.0 Å². The van der Waals surface area contributed by atoms with E-state index in [4.69, 9.17) is 25.8 Å². The number of ether oxygens (including phenoxy) is 3. The molecular weight excluding hydrogens is 730 g/mol. The second-order valence-electron chi connectivity index (χ2n) is 12.9. The molecule has 2 aromatic carbocycles. The number of hydrogen-bond acceptors (Lipinski definition) is 8. The Labute approximate surface area is 305 Å². The van der Waals surface area contributed by atoms with Gasteiger partial charge in [-0.15, -0.1) is 13.2 Å². The molecule has 0 aliphatic carbocycles. The Hall–Kier alpha value is -3.55. The van der Waals surface area contributed by atoms with Crippen molar-refractivity contribution in [3.8, 4) is 0 Å². The molecule has 1 spiro atoms. The number of aliphatic hydroxyl groups is 1. The number of aliphatic hydroxyl groups excluding tert-OH is 1. The lowest BCUT2D eigenvalue weighted by Crippen LogP contribution is -2.58. The molecule has 9 atom stereocenters. The molecule has 11 nitrogen and oxygen atoms in total. The van der Waals surface area contributed by atoms with Crippen LogP contribution < -0.4 is 10.2 Å². The third-order valence-corrected chi connectivity index (χ3v) is 10.9. The highest BCUT2D eigenvalue weighted by Crippen LogP contribution is 2.61. The number of esters is 1. The van der Waals surface area contributed by atoms with Crippen LogP contribution in [-0.2, 0) is 33.4 Å². The molecule has 0 radical (unpaired) electrons. The molecular formula is C37H43BrClN3O8. The van der Waals surface area contributed by atoms with Crippen molar-refractivity contribution in [1.82, 2.24) is 10.2 Å². The summed E-state index contributed by atoms with van der Waals surface area (Å²) in [6.45, 7) is 8.83. The zero-order chi connectivity index (χ0) is 36.2. The Bertz CT molecular complexity index is 1600. The number of anilines is 1. The van der Waals surface area contributed by atoms with Gasteiger partial charge in [0.15, 0.2) is 0 Å². The van der Waals surface area contributed by atoms with Gasteiger partial charge in [-0.3, -0.25) is 19.2 Å². The van der Waals surface area contributed by atoms with Gasteiger partial charge in [0, 0.05) is 24.9 Å². The van der Waals surface area contributed by atoms with E-state index in [2.05, 4.69) is 34.4 Å². The lowest BCUT2D eigenvalue weighted by Gasteiger charge is -2.38. The normalized spacial score (nSPS) is 26.9. The summed E-state index contributed by atoms with van der Waals surface area (Å²) in [5.41, 5.74) is -0.387. The number of para-hydroxylation sites is 1. The first-order valence-electron chi connectivity index (χ1n) is 16.6. The predicted octanol–water partition coefficient (Wildman–Crippen LogP) is 4.37. The third kappa shape index (κ3) is 7.01. The van der Waals surface area contributed by atoms with Crippen LogP contribution in [-0.4, -0.2) is 95.2 Å². The molecule has 268 valence electrons. The number of rotatable bonds is 16. The Balaban J connectivity index is 1.53. The molecule has 0 saturated carbocycles. The van der Waals surface area contributed by atoms with Gasteiger partial charge in [0.05, 0.1) is 53.9 Å². The number of hydrogen-bond donors (Lipinski definition) is 2. The van der Waals surface area contributed by atoms with Gasteiger partial charge in [-0.1, -0.05) is 82.1 Å². The molecule has 5 rings (SSSR count). The second-order valence-corrected chi connectivity index (χ2v) is 14.4. The van der Waals surface area contributed by atoms with Crippen molar-refractivity contribution in [2.45, 2.75) is 66.9 Å². The molecule has 2 bridgehead atoms. The summed E-state index contributed by atoms with van der Waals surface area (Å²) in [6, 6.07) is 13.1. The van der Waals surface area contributed by atoms with Crippen LogP contribution in [0.2, 0.25) is 5.02 Å². The van der Waals surface area contributed by atoms with E-state index in [1.54, 1.807) is 67.6 Å². The number of alkyl halides is 1. The molecule has 2 aromatic rings. The summed E-state index contributed by atoms with van der Waals surface area (Å²) in [5, 5.41) is 13.6. The average molecular weight is 773 g/mol. The van der Waals surface area contributed by atoms with E-state index in [0.29, 0.717) is 22.7 Å². The second kappa shape index (κ2) is 16.2. The molecule has 0 aromatic heterocycles. The van der Waals surface area contributed by atoms with E-state index >= 15 is 0 Å². The molecule has 3 amide bonds. The van der Waals surface area contributed by atoms with Gasteiger partial charge < -0.3 is 34.4 Å². The van der Waals surface area contributed by atoms with Crippen LogP contribution in [0, 0.1) is 11.8 Å². The zero-order valence-electron chi connectivity index (χ0n) is 28.1. The van der Waals surface area contributed by atoms with E-state index in [9.17, 15) is 24.3 Å². The summed E-state index contributed by atoms with van der Waals surface area (Å²) in [4.78, 5) is 59.0. The molecule has 3 saturated heterocycles. The van der Waals surface area contributed by atoms with E-state index in [0.717, 1.165) is 0 Å². The monoisotopic (exact) mass is 771 g/mol. The highest BCUT2D eigenvalue weighted by atomic mass is 79.9. The van der Waals surface area contributed by atoms with Gasteiger partial charge in [-0.25, -0.2) is 0 Å². The first kappa shape index (κ1) is 37.7. The summed E-state index contributed by atoms with van der Waals surface area (Å²) in [7, 11) is 1.49.